The Kier molecular flexibility index (Phi) is 3.77. The van der Waals surface area contributed by atoms with E-state index in [1.54, 1.807) is 0 Å². The monoisotopic (exact) mass is 219 g/mol. The van der Waals surface area contributed by atoms with Gasteiger partial charge in [0.25, 0.3) is 0 Å². The SMILES string of the molecule is CCC(C)(C)NCc1cc(C#N)n(C)c1C. The molecular weight excluding hydrogens is 198 g/mol. The van der Waals surface area contributed by atoms with Crippen LogP contribution in [0.4, 0.5) is 0 Å². The van der Waals surface area contributed by atoms with Gasteiger partial charge in [0.1, 0.15) is 11.8 Å². The second-order valence-electron chi connectivity index (χ2n) is 4.90. The van der Waals surface area contributed by atoms with Crippen LogP contribution in [-0.2, 0) is 13.6 Å². The first-order chi connectivity index (χ1) is 7.41. The van der Waals surface area contributed by atoms with Gasteiger partial charge in [-0.15, -0.1) is 0 Å². The molecule has 0 spiro atoms. The first-order valence-corrected chi connectivity index (χ1v) is 5.71. The number of nitrogens with zero attached hydrogens (tertiary/aromatic N) is 2. The van der Waals surface area contributed by atoms with Gasteiger partial charge in [0.15, 0.2) is 0 Å². The van der Waals surface area contributed by atoms with Gasteiger partial charge in [-0.25, -0.2) is 0 Å². The van der Waals surface area contributed by atoms with E-state index in [2.05, 4.69) is 39.1 Å². The number of hydrogen-bond acceptors (Lipinski definition) is 2. The van der Waals surface area contributed by atoms with E-state index in [9.17, 15) is 0 Å². The Labute approximate surface area is 98.1 Å². The van der Waals surface area contributed by atoms with E-state index in [0.29, 0.717) is 0 Å². The summed E-state index contributed by atoms with van der Waals surface area (Å²) in [5.41, 5.74) is 3.25. The summed E-state index contributed by atoms with van der Waals surface area (Å²) in [5, 5.41) is 12.4. The number of hydrogen-bond donors (Lipinski definition) is 1. The second-order valence-corrected chi connectivity index (χ2v) is 4.90. The van der Waals surface area contributed by atoms with Crippen LogP contribution in [0.25, 0.3) is 0 Å². The Balaban J connectivity index is 2.80. The molecule has 0 fully saturated rings. The minimum atomic E-state index is 0.148. The average molecular weight is 219 g/mol. The number of aromatic nitrogens is 1. The predicted octanol–water partition coefficient (Wildman–Crippen LogP) is 2.48. The molecule has 0 saturated carbocycles. The van der Waals surface area contributed by atoms with Gasteiger partial charge in [-0.3, -0.25) is 0 Å². The molecule has 0 amide bonds. The third kappa shape index (κ3) is 2.65. The lowest BCUT2D eigenvalue weighted by atomic mass is 10.0. The average Bonchev–Trinajstić information content (AvgIpc) is 2.53. The van der Waals surface area contributed by atoms with Crippen molar-refractivity contribution in [3.63, 3.8) is 0 Å². The highest BCUT2D eigenvalue weighted by molar-refractivity contribution is 5.34. The molecule has 3 nitrogen and oxygen atoms in total. The summed E-state index contributed by atoms with van der Waals surface area (Å²) in [6.45, 7) is 9.43. The van der Waals surface area contributed by atoms with Crippen LogP contribution in [0.3, 0.4) is 0 Å². The van der Waals surface area contributed by atoms with Gasteiger partial charge in [0, 0.05) is 24.8 Å². The second kappa shape index (κ2) is 4.71. The molecule has 1 aromatic rings. The van der Waals surface area contributed by atoms with Gasteiger partial charge in [0.05, 0.1) is 0 Å². The fraction of sp³-hybridized carbons (Fsp3) is 0.615. The lowest BCUT2D eigenvalue weighted by Gasteiger charge is -2.24. The molecule has 16 heavy (non-hydrogen) atoms. The molecule has 0 radical (unpaired) electrons. The van der Waals surface area contributed by atoms with Crippen LogP contribution in [0.1, 0.15) is 44.1 Å². The van der Waals surface area contributed by atoms with Crippen LogP contribution < -0.4 is 5.32 Å². The smallest absolute Gasteiger partial charge is 0.120 e. The van der Waals surface area contributed by atoms with Crippen molar-refractivity contribution in [2.45, 2.75) is 46.2 Å². The zero-order valence-electron chi connectivity index (χ0n) is 10.9. The Morgan fingerprint density at radius 1 is 1.50 bits per heavy atom. The van der Waals surface area contributed by atoms with Crippen molar-refractivity contribution in [3.8, 4) is 6.07 Å². The molecule has 0 aromatic carbocycles. The topological polar surface area (TPSA) is 40.8 Å². The van der Waals surface area contributed by atoms with Crippen LogP contribution in [-0.4, -0.2) is 10.1 Å². The molecule has 0 bridgehead atoms. The Morgan fingerprint density at radius 2 is 2.12 bits per heavy atom. The molecule has 0 unspecified atom stereocenters. The molecule has 0 saturated heterocycles. The Bertz CT molecular complexity index is 408. The van der Waals surface area contributed by atoms with Crippen molar-refractivity contribution >= 4 is 0 Å². The lowest BCUT2D eigenvalue weighted by molar-refractivity contribution is 0.374. The van der Waals surface area contributed by atoms with Crippen molar-refractivity contribution in [2.24, 2.45) is 7.05 Å². The van der Waals surface area contributed by atoms with Crippen LogP contribution >= 0.6 is 0 Å². The van der Waals surface area contributed by atoms with E-state index in [0.717, 1.165) is 24.4 Å². The van der Waals surface area contributed by atoms with Gasteiger partial charge in [-0.1, -0.05) is 6.92 Å². The fourth-order valence-electron chi connectivity index (χ4n) is 1.51. The van der Waals surface area contributed by atoms with E-state index in [4.69, 9.17) is 5.26 Å². The molecular formula is C13H21N3. The molecule has 0 aliphatic heterocycles. The summed E-state index contributed by atoms with van der Waals surface area (Å²) < 4.78 is 1.94. The minimum absolute atomic E-state index is 0.148. The van der Waals surface area contributed by atoms with Gasteiger partial charge >= 0.3 is 0 Å². The number of nitrogens with one attached hydrogen (secondary N) is 1. The van der Waals surface area contributed by atoms with E-state index in [1.165, 1.54) is 5.56 Å². The maximum absolute atomic E-state index is 8.94. The largest absolute Gasteiger partial charge is 0.340 e. The minimum Gasteiger partial charge on any atom is -0.340 e. The van der Waals surface area contributed by atoms with Crippen LogP contribution in [0, 0.1) is 18.3 Å². The highest BCUT2D eigenvalue weighted by Crippen LogP contribution is 2.15. The molecule has 1 N–H and O–H groups in total. The van der Waals surface area contributed by atoms with E-state index < -0.39 is 0 Å². The van der Waals surface area contributed by atoms with Crippen molar-refractivity contribution in [1.82, 2.24) is 9.88 Å². The van der Waals surface area contributed by atoms with E-state index in [1.807, 2.05) is 17.7 Å². The molecule has 0 aliphatic rings. The van der Waals surface area contributed by atoms with E-state index in [-0.39, 0.29) is 5.54 Å². The Hall–Kier alpha value is -1.27. The summed E-state index contributed by atoms with van der Waals surface area (Å²) >= 11 is 0. The lowest BCUT2D eigenvalue weighted by Crippen LogP contribution is -2.37. The predicted molar refractivity (Wildman–Crippen MR) is 66.1 cm³/mol. The highest BCUT2D eigenvalue weighted by Gasteiger charge is 2.15. The maximum atomic E-state index is 8.94. The first-order valence-electron chi connectivity index (χ1n) is 5.71. The molecule has 3 heteroatoms. The molecule has 1 heterocycles. The zero-order chi connectivity index (χ0) is 12.3. The van der Waals surface area contributed by atoms with Gasteiger partial charge in [-0.2, -0.15) is 5.26 Å². The van der Waals surface area contributed by atoms with Crippen molar-refractivity contribution in [2.75, 3.05) is 0 Å². The van der Waals surface area contributed by atoms with E-state index >= 15 is 0 Å². The summed E-state index contributed by atoms with van der Waals surface area (Å²) in [5.74, 6) is 0. The summed E-state index contributed by atoms with van der Waals surface area (Å²) in [7, 11) is 1.93. The maximum Gasteiger partial charge on any atom is 0.120 e. The van der Waals surface area contributed by atoms with Gasteiger partial charge in [-0.05, 0) is 38.8 Å². The molecule has 88 valence electrons. The standard InChI is InChI=1S/C13H21N3/c1-6-13(3,4)15-9-11-7-12(8-14)16(5)10(11)2/h7,15H,6,9H2,1-5H3. The molecule has 1 aromatic heterocycles. The quantitative estimate of drug-likeness (QED) is 0.845. The molecule has 0 atom stereocenters. The number of nitriles is 1. The van der Waals surface area contributed by atoms with Crippen LogP contribution in [0.5, 0.6) is 0 Å². The first kappa shape index (κ1) is 12.8. The summed E-state index contributed by atoms with van der Waals surface area (Å²) in [6, 6.07) is 4.17. The normalized spacial score (nSPS) is 11.5. The van der Waals surface area contributed by atoms with Gasteiger partial charge < -0.3 is 9.88 Å². The van der Waals surface area contributed by atoms with Crippen LogP contribution in [0.2, 0.25) is 0 Å². The zero-order valence-corrected chi connectivity index (χ0v) is 10.9. The van der Waals surface area contributed by atoms with Crippen molar-refractivity contribution < 1.29 is 0 Å². The summed E-state index contributed by atoms with van der Waals surface area (Å²) in [4.78, 5) is 0. The van der Waals surface area contributed by atoms with Crippen molar-refractivity contribution in [3.05, 3.63) is 23.0 Å². The third-order valence-corrected chi connectivity index (χ3v) is 3.40. The highest BCUT2D eigenvalue weighted by atomic mass is 15.0. The number of rotatable bonds is 4. The Morgan fingerprint density at radius 3 is 2.56 bits per heavy atom. The third-order valence-electron chi connectivity index (χ3n) is 3.40. The molecule has 0 aliphatic carbocycles. The van der Waals surface area contributed by atoms with Crippen LogP contribution in [0.15, 0.2) is 6.07 Å². The van der Waals surface area contributed by atoms with Gasteiger partial charge in [0.2, 0.25) is 0 Å². The van der Waals surface area contributed by atoms with Crippen molar-refractivity contribution in [1.29, 1.82) is 5.26 Å². The molecule has 1 rings (SSSR count). The summed E-state index contributed by atoms with van der Waals surface area (Å²) in [6.07, 6.45) is 1.09. The fourth-order valence-corrected chi connectivity index (χ4v) is 1.51.